The van der Waals surface area contributed by atoms with Gasteiger partial charge in [-0.15, -0.1) is 34.0 Å². The van der Waals surface area contributed by atoms with Crippen LogP contribution < -0.4 is 28.3 Å². The Hall–Kier alpha value is -13.6. The Labute approximate surface area is 733 Å². The zero-order valence-corrected chi connectivity index (χ0v) is 73.7. The number of phenols is 2. The van der Waals surface area contributed by atoms with E-state index in [0.29, 0.717) is 29.2 Å². The molecule has 5 aliphatic rings. The van der Waals surface area contributed by atoms with Gasteiger partial charge in [-0.2, -0.15) is 20.9 Å². The normalized spacial score (nSPS) is 22.1. The van der Waals surface area contributed by atoms with Crippen molar-refractivity contribution in [3.63, 3.8) is 0 Å². The summed E-state index contributed by atoms with van der Waals surface area (Å²) in [6.07, 6.45) is 7.82. The number of likely N-dealkylation sites (N-methyl/N-ethyl adjacent to an activating group) is 4. The summed E-state index contributed by atoms with van der Waals surface area (Å²) in [5, 5.41) is 61.5. The highest BCUT2D eigenvalue weighted by atomic mass is 32.1. The first-order valence-corrected chi connectivity index (χ1v) is 43.4. The lowest BCUT2D eigenvalue weighted by Gasteiger charge is -2.40. The maximum absolute atomic E-state index is 13.6. The summed E-state index contributed by atoms with van der Waals surface area (Å²) in [7, 11) is 6.49. The van der Waals surface area contributed by atoms with E-state index in [2.05, 4.69) is 67.4 Å². The van der Waals surface area contributed by atoms with Crippen LogP contribution in [0.1, 0.15) is 170 Å². The highest BCUT2D eigenvalue weighted by Gasteiger charge is 2.53. The van der Waals surface area contributed by atoms with Crippen LogP contribution >= 0.6 is 34.0 Å². The van der Waals surface area contributed by atoms with Crippen molar-refractivity contribution in [2.45, 2.75) is 145 Å². The molecule has 0 spiro atoms. The maximum Gasteiger partial charge on any atom is 0.248 e. The molecule has 0 saturated heterocycles. The molecule has 0 bridgehead atoms. The minimum Gasteiger partial charge on any atom is -0.508 e. The third kappa shape index (κ3) is 17.6. The lowest BCUT2D eigenvalue weighted by atomic mass is 9.76. The molecule has 11 N–H and O–H groups in total. The summed E-state index contributed by atoms with van der Waals surface area (Å²) < 4.78 is 1.93. The summed E-state index contributed by atoms with van der Waals surface area (Å²) >= 11 is 4.55. The molecule has 4 aromatic heterocycles. The van der Waals surface area contributed by atoms with Gasteiger partial charge >= 0.3 is 0 Å². The number of carbonyl (C=O) groups is 5. The van der Waals surface area contributed by atoms with Gasteiger partial charge in [0.15, 0.2) is 29.4 Å². The minimum atomic E-state index is -1.27. The molecule has 25 nitrogen and oxygen atoms in total. The molecule has 1 saturated carbocycles. The molecule has 634 valence electrons. The zero-order chi connectivity index (χ0) is 89.1. The molecule has 1 fully saturated rings. The standard InChI is InChI=1S/C26H24N6OS.C24H36N4O2.2C23H20N4O2S/c1-4-32-21-9-8-18(11-19(21)14-29-32)23-24(33)31(3)25(28)30-26(23,2)22-12-20(15-34-22)17-7-5-6-16(10-17)13-27;1-23(2,3)18-13-11-17(12-14-18)19-20(29)28(5)22(25)27-24(19,4)21(30)26-15-16-9-7-6-8-10-16;2*1-23(19-11-17(13-30-19)16-5-3-4-14(10-16)12-24)20(15-6-8-18(28)9-7-15)21(29)27(2)22(25)26-23/h5-12,14-15,23H,4H2,1-3H3,(H2,28,30);11-14,16,19H,6-10,15H2,1-5H3,(H2,25,27)(H,26,30);2*3-11,13,20,28H,1-2H3,(H2,25,26)/t23-,26+;19-,24+;20-,23+;20-,23-/m0101/s1. The van der Waals surface area contributed by atoms with Gasteiger partial charge in [0.2, 0.25) is 29.5 Å². The highest BCUT2D eigenvalue weighted by molar-refractivity contribution is 7.11. The SMILES string of the molecule is CCn1ncc2cc([C@H]3C(=O)N(C)C(N)=N[C@]3(C)c3cc(-c4cccc(C#N)c4)cs3)ccc21.CN1C(=O)[C@@H](c2ccc(C(C)(C)C)cc2)[C@@](C)(C(=O)NCC2CCCCC2)N=C1N.CN1C(=O)[C@@H](c2ccc(O)cc2)[C@@](C)(c2cc(-c3cccc(C#N)c3)cs2)N=C1N.CN1C(=O)[C@H](c2ccc(O)cc2)[C@@](C)(c2cc(-c3cccc(C#N)c3)cs2)N=C1N. The molecule has 5 amide bonds. The fourth-order valence-corrected chi connectivity index (χ4v) is 19.9. The summed E-state index contributed by atoms with van der Waals surface area (Å²) in [6.45, 7) is 17.4. The van der Waals surface area contributed by atoms with E-state index in [1.54, 1.807) is 113 Å². The summed E-state index contributed by atoms with van der Waals surface area (Å²) in [5.74, 6) is -1.91. The highest BCUT2D eigenvalue weighted by Crippen LogP contribution is 2.52. The smallest absolute Gasteiger partial charge is 0.248 e. The average molecular weight is 1710 g/mol. The van der Waals surface area contributed by atoms with E-state index < -0.39 is 45.8 Å². The molecular weight excluding hydrogens is 1610 g/mol. The number of guanidine groups is 4. The number of rotatable bonds is 14. The first-order valence-electron chi connectivity index (χ1n) is 40.8. The topological polar surface area (TPSA) is 394 Å². The van der Waals surface area contributed by atoms with Gasteiger partial charge in [-0.3, -0.25) is 48.3 Å². The van der Waals surface area contributed by atoms with Gasteiger partial charge in [0.25, 0.3) is 0 Å². The number of phenolic OH excluding ortho intramolecular Hbond substituents is 2. The lowest BCUT2D eigenvalue weighted by Crippen LogP contribution is -2.59. The van der Waals surface area contributed by atoms with Gasteiger partial charge in [-0.05, 0) is 227 Å². The number of aromatic hydroxyl groups is 2. The third-order valence-electron chi connectivity index (χ3n) is 24.2. The molecule has 124 heavy (non-hydrogen) atoms. The molecule has 4 aliphatic heterocycles. The van der Waals surface area contributed by atoms with Crippen LogP contribution in [0.5, 0.6) is 11.5 Å². The van der Waals surface area contributed by atoms with Gasteiger partial charge in [0, 0.05) is 61.3 Å². The van der Waals surface area contributed by atoms with Crippen molar-refractivity contribution in [2.24, 2.45) is 48.8 Å². The molecule has 16 rings (SSSR count). The minimum absolute atomic E-state index is 0.00908. The second kappa shape index (κ2) is 35.8. The van der Waals surface area contributed by atoms with Crippen LogP contribution in [0.4, 0.5) is 0 Å². The number of nitrogens with zero attached hydrogens (tertiary/aromatic N) is 13. The van der Waals surface area contributed by atoms with Gasteiger partial charge in [-0.1, -0.05) is 131 Å². The van der Waals surface area contributed by atoms with Crippen LogP contribution in [0.25, 0.3) is 44.3 Å². The number of hydrogen-bond donors (Lipinski definition) is 7. The molecule has 0 radical (unpaired) electrons. The van der Waals surface area contributed by atoms with Gasteiger partial charge in [0.1, 0.15) is 28.1 Å². The Balaban J connectivity index is 0.000000142. The number of aromatic nitrogens is 2. The molecular formula is C96H100N18O7S3. The second-order valence-corrected chi connectivity index (χ2v) is 36.2. The third-order valence-corrected chi connectivity index (χ3v) is 27.7. The van der Waals surface area contributed by atoms with Crippen molar-refractivity contribution in [2.75, 3.05) is 34.7 Å². The van der Waals surface area contributed by atoms with Crippen LogP contribution in [0, 0.1) is 39.9 Å². The van der Waals surface area contributed by atoms with Gasteiger partial charge in [-0.25, -0.2) is 20.0 Å². The monoisotopic (exact) mass is 1710 g/mol. The van der Waals surface area contributed by atoms with E-state index in [4.69, 9.17) is 37.9 Å². The summed E-state index contributed by atoms with van der Waals surface area (Å²) in [5.41, 5.74) is 33.3. The number of thiophene rings is 3. The molecule has 28 heteroatoms. The van der Waals surface area contributed by atoms with E-state index >= 15 is 0 Å². The number of carbonyl (C=O) groups excluding carboxylic acids is 5. The van der Waals surface area contributed by atoms with E-state index in [0.717, 1.165) is 101 Å². The second-order valence-electron chi connectivity index (χ2n) is 33.5. The Morgan fingerprint density at radius 1 is 0.476 bits per heavy atom. The number of nitrogens with one attached hydrogen (secondary N) is 1. The molecule has 11 aromatic rings. The van der Waals surface area contributed by atoms with Crippen LogP contribution in [0.15, 0.2) is 224 Å². The number of benzene rings is 7. The number of nitriles is 3. The average Bonchev–Trinajstić information content (AvgIpc) is 1.53. The van der Waals surface area contributed by atoms with Gasteiger partial charge in [0.05, 0.1) is 70.3 Å². The van der Waals surface area contributed by atoms with Crippen LogP contribution in [-0.4, -0.2) is 133 Å². The number of fused-ring (bicyclic) bond motifs is 1. The maximum atomic E-state index is 13.6. The van der Waals surface area contributed by atoms with Crippen LogP contribution in [0.3, 0.4) is 0 Å². The largest absolute Gasteiger partial charge is 0.508 e. The molecule has 8 heterocycles. The zero-order valence-electron chi connectivity index (χ0n) is 71.2. The number of hydrogen-bond acceptors (Lipinski definition) is 22. The van der Waals surface area contributed by atoms with Crippen molar-refractivity contribution in [3.8, 4) is 63.1 Å². The van der Waals surface area contributed by atoms with Crippen molar-refractivity contribution in [1.29, 1.82) is 15.8 Å². The molecule has 8 atom stereocenters. The fourth-order valence-electron chi connectivity index (χ4n) is 16.8. The summed E-state index contributed by atoms with van der Waals surface area (Å²) in [6, 6.07) is 62.1. The van der Waals surface area contributed by atoms with Crippen LogP contribution in [-0.2, 0) is 52.5 Å². The van der Waals surface area contributed by atoms with E-state index in [-0.39, 0.29) is 70.3 Å². The van der Waals surface area contributed by atoms with Crippen molar-refractivity contribution in [3.05, 3.63) is 263 Å². The number of amides is 5. The Morgan fingerprint density at radius 2 is 0.831 bits per heavy atom. The first kappa shape index (κ1) is 88.2. The van der Waals surface area contributed by atoms with Crippen molar-refractivity contribution >= 4 is 98.3 Å². The Kier molecular flexibility index (Phi) is 25.5. The van der Waals surface area contributed by atoms with Crippen molar-refractivity contribution < 1.29 is 34.2 Å². The summed E-state index contributed by atoms with van der Waals surface area (Å²) in [4.78, 5) is 93.7. The number of nitrogens with two attached hydrogens (primary N) is 4. The Morgan fingerprint density at radius 3 is 1.21 bits per heavy atom. The predicted octanol–water partition coefficient (Wildman–Crippen LogP) is 15.3. The predicted molar refractivity (Wildman–Crippen MR) is 489 cm³/mol. The molecule has 7 aromatic carbocycles. The number of aliphatic imine (C=N–C) groups is 4. The molecule has 1 aliphatic carbocycles. The van der Waals surface area contributed by atoms with Crippen molar-refractivity contribution in [1.82, 2.24) is 34.7 Å². The van der Waals surface area contributed by atoms with Gasteiger partial charge < -0.3 is 38.5 Å². The van der Waals surface area contributed by atoms with E-state index in [1.807, 2.05) is 157 Å². The number of aryl methyl sites for hydroxylation is 1. The molecule has 0 unspecified atom stereocenters. The quantitative estimate of drug-likeness (QED) is 0.0532. The fraction of sp³-hybridized carbons (Fsp3) is 0.302. The Bertz CT molecular complexity index is 5980. The lowest BCUT2D eigenvalue weighted by molar-refractivity contribution is -0.137. The van der Waals surface area contributed by atoms with E-state index in [1.165, 1.54) is 67.1 Å². The van der Waals surface area contributed by atoms with E-state index in [9.17, 15) is 50.0 Å². The van der Waals surface area contributed by atoms with Crippen LogP contribution in [0.2, 0.25) is 0 Å². The first-order chi connectivity index (χ1) is 59.0.